The Hall–Kier alpha value is -2.94. The largest absolute Gasteiger partial charge is 0.507 e. The fourth-order valence-corrected chi connectivity index (χ4v) is 2.38. The van der Waals surface area contributed by atoms with Crippen LogP contribution in [0.25, 0.3) is 22.3 Å². The topological polar surface area (TPSA) is 49.7 Å². The fraction of sp³-hybridized carbons (Fsp3) is 0. The van der Waals surface area contributed by atoms with Gasteiger partial charge in [-0.1, -0.05) is 54.6 Å². The number of hydrogen-bond donors (Lipinski definition) is 1. The van der Waals surface area contributed by atoms with Gasteiger partial charge in [-0.15, -0.1) is 4.91 Å². The maximum absolute atomic E-state index is 10.8. The molecule has 0 saturated heterocycles. The quantitative estimate of drug-likeness (QED) is 0.674. The molecule has 0 radical (unpaired) electrons. The fourth-order valence-electron chi connectivity index (χ4n) is 2.38. The molecule has 3 rings (SSSR count). The molecule has 1 N–H and O–H groups in total. The van der Waals surface area contributed by atoms with E-state index in [1.54, 1.807) is 24.3 Å². The number of rotatable bonds is 3. The van der Waals surface area contributed by atoms with Crippen molar-refractivity contribution in [1.29, 1.82) is 0 Å². The van der Waals surface area contributed by atoms with Crippen molar-refractivity contribution in [3.05, 3.63) is 77.7 Å². The minimum atomic E-state index is 0.210. The molecule has 3 nitrogen and oxygen atoms in total. The van der Waals surface area contributed by atoms with Crippen molar-refractivity contribution in [3.63, 3.8) is 0 Å². The predicted molar refractivity (Wildman–Crippen MR) is 84.4 cm³/mol. The van der Waals surface area contributed by atoms with Crippen LogP contribution in [0.1, 0.15) is 0 Å². The van der Waals surface area contributed by atoms with Crippen LogP contribution in [0.5, 0.6) is 5.75 Å². The summed E-state index contributed by atoms with van der Waals surface area (Å²) in [7, 11) is 0. The highest BCUT2D eigenvalue weighted by Gasteiger charge is 2.11. The summed E-state index contributed by atoms with van der Waals surface area (Å²) in [6, 6.07) is 22.1. The monoisotopic (exact) mass is 275 g/mol. The lowest BCUT2D eigenvalue weighted by Crippen LogP contribution is -1.85. The Bertz CT molecular complexity index is 782. The van der Waals surface area contributed by atoms with Crippen molar-refractivity contribution in [1.82, 2.24) is 0 Å². The molecule has 0 heterocycles. The average Bonchev–Trinajstić information content (AvgIpc) is 2.56. The summed E-state index contributed by atoms with van der Waals surface area (Å²) in [5.41, 5.74) is 3.81. The highest BCUT2D eigenvalue weighted by Crippen LogP contribution is 2.38. The minimum Gasteiger partial charge on any atom is -0.507 e. The Morgan fingerprint density at radius 2 is 1.43 bits per heavy atom. The lowest BCUT2D eigenvalue weighted by Gasteiger charge is -2.12. The molecule has 0 bridgehead atoms. The molecule has 0 spiro atoms. The van der Waals surface area contributed by atoms with Gasteiger partial charge >= 0.3 is 0 Å². The van der Waals surface area contributed by atoms with Crippen LogP contribution in [0.2, 0.25) is 0 Å². The summed E-state index contributed by atoms with van der Waals surface area (Å²) in [6.45, 7) is 0. The van der Waals surface area contributed by atoms with E-state index in [4.69, 9.17) is 0 Å². The third-order valence-electron chi connectivity index (χ3n) is 3.39. The number of benzene rings is 3. The van der Waals surface area contributed by atoms with Crippen LogP contribution in [0.4, 0.5) is 5.69 Å². The minimum absolute atomic E-state index is 0.210. The first-order chi connectivity index (χ1) is 10.3. The summed E-state index contributed by atoms with van der Waals surface area (Å²) >= 11 is 0. The molecule has 0 amide bonds. The van der Waals surface area contributed by atoms with Crippen LogP contribution in [-0.2, 0) is 0 Å². The molecule has 3 aromatic carbocycles. The molecule has 0 aliphatic rings. The van der Waals surface area contributed by atoms with E-state index >= 15 is 0 Å². The molecule has 0 aliphatic heterocycles. The Kier molecular flexibility index (Phi) is 3.48. The summed E-state index contributed by atoms with van der Waals surface area (Å²) < 4.78 is 0. The van der Waals surface area contributed by atoms with Gasteiger partial charge in [0.25, 0.3) is 0 Å². The summed E-state index contributed by atoms with van der Waals surface area (Å²) in [5.74, 6) is 0.210. The van der Waals surface area contributed by atoms with E-state index in [9.17, 15) is 10.0 Å². The molecular formula is C18H13NO2. The van der Waals surface area contributed by atoms with E-state index in [0.29, 0.717) is 5.69 Å². The van der Waals surface area contributed by atoms with E-state index in [-0.39, 0.29) is 5.75 Å². The third-order valence-corrected chi connectivity index (χ3v) is 3.39. The molecule has 102 valence electrons. The first-order valence-corrected chi connectivity index (χ1v) is 6.61. The SMILES string of the molecule is O=Nc1ccc(-c2ccccc2O)c(-c2ccccc2)c1. The van der Waals surface area contributed by atoms with Gasteiger partial charge in [-0.25, -0.2) is 0 Å². The molecule has 3 aromatic rings. The van der Waals surface area contributed by atoms with E-state index in [1.807, 2.05) is 48.5 Å². The van der Waals surface area contributed by atoms with E-state index in [0.717, 1.165) is 22.3 Å². The number of aromatic hydroxyl groups is 1. The molecular weight excluding hydrogens is 262 g/mol. The molecule has 0 aliphatic carbocycles. The van der Waals surface area contributed by atoms with Crippen molar-refractivity contribution in [2.75, 3.05) is 0 Å². The van der Waals surface area contributed by atoms with E-state index in [2.05, 4.69) is 5.18 Å². The maximum Gasteiger partial charge on any atom is 0.123 e. The van der Waals surface area contributed by atoms with Gasteiger partial charge in [0.15, 0.2) is 0 Å². The molecule has 3 heteroatoms. The first-order valence-electron chi connectivity index (χ1n) is 6.61. The second-order valence-corrected chi connectivity index (χ2v) is 4.70. The zero-order valence-corrected chi connectivity index (χ0v) is 11.2. The third kappa shape index (κ3) is 2.54. The molecule has 0 atom stereocenters. The number of phenols is 1. The van der Waals surface area contributed by atoms with Crippen molar-refractivity contribution in [2.24, 2.45) is 5.18 Å². The van der Waals surface area contributed by atoms with Crippen LogP contribution in [-0.4, -0.2) is 5.11 Å². The highest BCUT2D eigenvalue weighted by molar-refractivity contribution is 5.87. The van der Waals surface area contributed by atoms with Crippen molar-refractivity contribution in [3.8, 4) is 28.0 Å². The van der Waals surface area contributed by atoms with Gasteiger partial charge in [-0.05, 0) is 40.1 Å². The van der Waals surface area contributed by atoms with Crippen molar-refractivity contribution >= 4 is 5.69 Å². The smallest absolute Gasteiger partial charge is 0.123 e. The van der Waals surface area contributed by atoms with Crippen molar-refractivity contribution in [2.45, 2.75) is 0 Å². The normalized spacial score (nSPS) is 10.3. The van der Waals surface area contributed by atoms with Gasteiger partial charge in [0, 0.05) is 5.56 Å². The molecule has 0 saturated carbocycles. The second-order valence-electron chi connectivity index (χ2n) is 4.70. The molecule has 21 heavy (non-hydrogen) atoms. The Balaban J connectivity index is 2.26. The van der Waals surface area contributed by atoms with Crippen LogP contribution in [0.3, 0.4) is 0 Å². The van der Waals surface area contributed by atoms with Gasteiger partial charge in [-0.2, -0.15) is 0 Å². The highest BCUT2D eigenvalue weighted by atomic mass is 16.3. The van der Waals surface area contributed by atoms with Crippen LogP contribution in [0, 0.1) is 4.91 Å². The van der Waals surface area contributed by atoms with Crippen LogP contribution >= 0.6 is 0 Å². The summed E-state index contributed by atoms with van der Waals surface area (Å²) in [4.78, 5) is 10.8. The zero-order chi connectivity index (χ0) is 14.7. The number of nitroso groups, excluding NO2 is 1. The summed E-state index contributed by atoms with van der Waals surface area (Å²) in [5, 5.41) is 13.1. The van der Waals surface area contributed by atoms with Crippen LogP contribution in [0.15, 0.2) is 78.0 Å². The first kappa shape index (κ1) is 13.1. The Labute approximate surface area is 122 Å². The van der Waals surface area contributed by atoms with Gasteiger partial charge in [0.2, 0.25) is 0 Å². The standard InChI is InChI=1S/C18H13NO2/c20-18-9-5-4-8-16(18)15-11-10-14(19-21)12-17(15)13-6-2-1-3-7-13/h1-12,20H. The summed E-state index contributed by atoms with van der Waals surface area (Å²) in [6.07, 6.45) is 0. The van der Waals surface area contributed by atoms with Gasteiger partial charge in [0.1, 0.15) is 11.4 Å². The molecule has 0 aromatic heterocycles. The number of nitrogens with zero attached hydrogens (tertiary/aromatic N) is 1. The maximum atomic E-state index is 10.8. The van der Waals surface area contributed by atoms with Crippen molar-refractivity contribution < 1.29 is 5.11 Å². The lowest BCUT2D eigenvalue weighted by molar-refractivity contribution is 0.477. The van der Waals surface area contributed by atoms with E-state index in [1.165, 1.54) is 0 Å². The number of hydrogen-bond acceptors (Lipinski definition) is 3. The predicted octanol–water partition coefficient (Wildman–Crippen LogP) is 5.12. The number of para-hydroxylation sites is 1. The van der Waals surface area contributed by atoms with Gasteiger partial charge in [0.05, 0.1) is 0 Å². The van der Waals surface area contributed by atoms with Gasteiger partial charge in [-0.3, -0.25) is 0 Å². The zero-order valence-electron chi connectivity index (χ0n) is 11.2. The Morgan fingerprint density at radius 3 is 2.14 bits per heavy atom. The van der Waals surface area contributed by atoms with Gasteiger partial charge < -0.3 is 5.11 Å². The average molecular weight is 275 g/mol. The Morgan fingerprint density at radius 1 is 0.714 bits per heavy atom. The number of phenolic OH excluding ortho intramolecular Hbond substituents is 1. The lowest BCUT2D eigenvalue weighted by atomic mass is 9.93. The van der Waals surface area contributed by atoms with E-state index < -0.39 is 0 Å². The molecule has 0 fully saturated rings. The van der Waals surface area contributed by atoms with Crippen LogP contribution < -0.4 is 0 Å². The second kappa shape index (κ2) is 5.59. The molecule has 0 unspecified atom stereocenters.